The van der Waals surface area contributed by atoms with Crippen LogP contribution in [0.3, 0.4) is 0 Å². The molecular formula is C12H27NO2. The van der Waals surface area contributed by atoms with Gasteiger partial charge in [0.1, 0.15) is 0 Å². The molecule has 0 aromatic carbocycles. The zero-order valence-corrected chi connectivity index (χ0v) is 10.5. The topological polar surface area (TPSA) is 41.5 Å². The Labute approximate surface area is 94.2 Å². The van der Waals surface area contributed by atoms with Crippen molar-refractivity contribution in [1.29, 1.82) is 0 Å². The molecule has 0 heterocycles. The SMILES string of the molecule is CCC(O)CCNCCOCCC(C)C. The van der Waals surface area contributed by atoms with Gasteiger partial charge in [-0.1, -0.05) is 20.8 Å². The lowest BCUT2D eigenvalue weighted by Gasteiger charge is -2.09. The van der Waals surface area contributed by atoms with Gasteiger partial charge in [-0.2, -0.15) is 0 Å². The second-order valence-corrected chi connectivity index (χ2v) is 4.40. The van der Waals surface area contributed by atoms with Crippen LogP contribution in [0.4, 0.5) is 0 Å². The van der Waals surface area contributed by atoms with Crippen LogP contribution in [0.25, 0.3) is 0 Å². The minimum absolute atomic E-state index is 0.153. The number of nitrogens with one attached hydrogen (secondary N) is 1. The second kappa shape index (κ2) is 10.4. The van der Waals surface area contributed by atoms with Gasteiger partial charge in [0.25, 0.3) is 0 Å². The molecule has 0 fully saturated rings. The molecule has 1 unspecified atom stereocenters. The molecule has 1 atom stereocenters. The Morgan fingerprint density at radius 2 is 1.87 bits per heavy atom. The van der Waals surface area contributed by atoms with Crippen LogP contribution in [0, 0.1) is 5.92 Å². The van der Waals surface area contributed by atoms with E-state index in [2.05, 4.69) is 19.2 Å². The third-order valence-corrected chi connectivity index (χ3v) is 2.39. The maximum Gasteiger partial charge on any atom is 0.0590 e. The van der Waals surface area contributed by atoms with E-state index >= 15 is 0 Å². The van der Waals surface area contributed by atoms with E-state index in [1.165, 1.54) is 0 Å². The lowest BCUT2D eigenvalue weighted by molar-refractivity contribution is 0.122. The molecule has 0 saturated heterocycles. The molecule has 2 N–H and O–H groups in total. The van der Waals surface area contributed by atoms with Gasteiger partial charge >= 0.3 is 0 Å². The van der Waals surface area contributed by atoms with E-state index in [4.69, 9.17) is 4.74 Å². The van der Waals surface area contributed by atoms with Crippen molar-refractivity contribution in [3.63, 3.8) is 0 Å². The fraction of sp³-hybridized carbons (Fsp3) is 1.00. The van der Waals surface area contributed by atoms with Crippen molar-refractivity contribution in [1.82, 2.24) is 5.32 Å². The Hall–Kier alpha value is -0.120. The van der Waals surface area contributed by atoms with Gasteiger partial charge in [-0.15, -0.1) is 0 Å². The molecule has 0 aromatic rings. The molecule has 0 aromatic heterocycles. The third kappa shape index (κ3) is 11.8. The van der Waals surface area contributed by atoms with Crippen LogP contribution >= 0.6 is 0 Å². The first kappa shape index (κ1) is 14.9. The molecule has 0 aliphatic heterocycles. The van der Waals surface area contributed by atoms with Gasteiger partial charge in [0.2, 0.25) is 0 Å². The monoisotopic (exact) mass is 217 g/mol. The molecule has 0 rings (SSSR count). The third-order valence-electron chi connectivity index (χ3n) is 2.39. The van der Waals surface area contributed by atoms with Gasteiger partial charge in [-0.3, -0.25) is 0 Å². The van der Waals surface area contributed by atoms with Gasteiger partial charge in [-0.25, -0.2) is 0 Å². The largest absolute Gasteiger partial charge is 0.393 e. The average Bonchev–Trinajstić information content (AvgIpc) is 2.21. The van der Waals surface area contributed by atoms with Crippen LogP contribution in [0.5, 0.6) is 0 Å². The molecule has 0 amide bonds. The zero-order valence-electron chi connectivity index (χ0n) is 10.5. The van der Waals surface area contributed by atoms with E-state index in [1.54, 1.807) is 0 Å². The van der Waals surface area contributed by atoms with Crippen LogP contribution in [-0.4, -0.2) is 37.5 Å². The number of hydrogen-bond acceptors (Lipinski definition) is 3. The molecule has 0 aliphatic rings. The van der Waals surface area contributed by atoms with Crippen molar-refractivity contribution in [2.75, 3.05) is 26.3 Å². The molecule has 3 heteroatoms. The quantitative estimate of drug-likeness (QED) is 0.548. The van der Waals surface area contributed by atoms with E-state index in [1.807, 2.05) is 6.92 Å². The molecule has 0 saturated carbocycles. The minimum Gasteiger partial charge on any atom is -0.393 e. The summed E-state index contributed by atoms with van der Waals surface area (Å²) < 4.78 is 5.45. The summed E-state index contributed by atoms with van der Waals surface area (Å²) in [5, 5.41) is 12.5. The van der Waals surface area contributed by atoms with Crippen molar-refractivity contribution in [2.45, 2.75) is 46.1 Å². The summed E-state index contributed by atoms with van der Waals surface area (Å²) in [6.45, 7) is 9.80. The molecule has 0 radical (unpaired) electrons. The molecule has 3 nitrogen and oxygen atoms in total. The van der Waals surface area contributed by atoms with Gasteiger partial charge in [0, 0.05) is 13.2 Å². The fourth-order valence-electron chi connectivity index (χ4n) is 1.16. The van der Waals surface area contributed by atoms with Crippen molar-refractivity contribution in [3.8, 4) is 0 Å². The standard InChI is InChI=1S/C12H27NO2/c1-4-12(14)5-7-13-8-10-15-9-6-11(2)3/h11-14H,4-10H2,1-3H3. The van der Waals surface area contributed by atoms with Crippen LogP contribution in [-0.2, 0) is 4.74 Å². The molecule has 0 bridgehead atoms. The molecule has 0 spiro atoms. The van der Waals surface area contributed by atoms with Crippen LogP contribution < -0.4 is 5.32 Å². The fourth-order valence-corrected chi connectivity index (χ4v) is 1.16. The molecule has 15 heavy (non-hydrogen) atoms. The highest BCUT2D eigenvalue weighted by Gasteiger charge is 1.98. The Morgan fingerprint density at radius 1 is 1.13 bits per heavy atom. The highest BCUT2D eigenvalue weighted by atomic mass is 16.5. The number of ether oxygens (including phenoxy) is 1. The summed E-state index contributed by atoms with van der Waals surface area (Å²) in [6, 6.07) is 0. The second-order valence-electron chi connectivity index (χ2n) is 4.40. The summed E-state index contributed by atoms with van der Waals surface area (Å²) in [4.78, 5) is 0. The Kier molecular flexibility index (Phi) is 10.3. The van der Waals surface area contributed by atoms with Crippen molar-refractivity contribution < 1.29 is 9.84 Å². The first-order valence-electron chi connectivity index (χ1n) is 6.13. The first-order chi connectivity index (χ1) is 7.16. The number of rotatable bonds is 10. The number of hydrogen-bond donors (Lipinski definition) is 2. The van der Waals surface area contributed by atoms with Crippen molar-refractivity contribution >= 4 is 0 Å². The summed E-state index contributed by atoms with van der Waals surface area (Å²) >= 11 is 0. The Bertz CT molecular complexity index is 129. The normalized spacial score (nSPS) is 13.4. The van der Waals surface area contributed by atoms with Crippen LogP contribution in [0.15, 0.2) is 0 Å². The Morgan fingerprint density at radius 3 is 2.47 bits per heavy atom. The first-order valence-corrected chi connectivity index (χ1v) is 6.13. The lowest BCUT2D eigenvalue weighted by Crippen LogP contribution is -2.24. The molecular weight excluding hydrogens is 190 g/mol. The minimum atomic E-state index is -0.153. The highest BCUT2D eigenvalue weighted by molar-refractivity contribution is 4.55. The van der Waals surface area contributed by atoms with E-state index in [9.17, 15) is 5.11 Å². The summed E-state index contributed by atoms with van der Waals surface area (Å²) in [5.41, 5.74) is 0. The van der Waals surface area contributed by atoms with E-state index in [0.29, 0.717) is 0 Å². The lowest BCUT2D eigenvalue weighted by atomic mass is 10.1. The summed E-state index contributed by atoms with van der Waals surface area (Å²) in [6.07, 6.45) is 2.66. The highest BCUT2D eigenvalue weighted by Crippen LogP contribution is 1.98. The van der Waals surface area contributed by atoms with Gasteiger partial charge < -0.3 is 15.2 Å². The van der Waals surface area contributed by atoms with E-state index < -0.39 is 0 Å². The van der Waals surface area contributed by atoms with Crippen LogP contribution in [0.2, 0.25) is 0 Å². The van der Waals surface area contributed by atoms with Crippen LogP contribution in [0.1, 0.15) is 40.0 Å². The summed E-state index contributed by atoms with van der Waals surface area (Å²) in [5.74, 6) is 0.720. The maximum atomic E-state index is 9.29. The van der Waals surface area contributed by atoms with E-state index in [-0.39, 0.29) is 6.10 Å². The molecule has 0 aliphatic carbocycles. The smallest absolute Gasteiger partial charge is 0.0590 e. The van der Waals surface area contributed by atoms with Crippen molar-refractivity contribution in [2.24, 2.45) is 5.92 Å². The predicted molar refractivity (Wildman–Crippen MR) is 64.1 cm³/mol. The zero-order chi connectivity index (χ0) is 11.5. The van der Waals surface area contributed by atoms with Gasteiger partial charge in [0.15, 0.2) is 0 Å². The number of aliphatic hydroxyl groups is 1. The average molecular weight is 217 g/mol. The maximum absolute atomic E-state index is 9.29. The van der Waals surface area contributed by atoms with Gasteiger partial charge in [0.05, 0.1) is 12.7 Å². The predicted octanol–water partition coefficient (Wildman–Crippen LogP) is 1.80. The number of aliphatic hydroxyl groups excluding tert-OH is 1. The summed E-state index contributed by atoms with van der Waals surface area (Å²) in [7, 11) is 0. The molecule has 92 valence electrons. The Balaban J connectivity index is 2.99. The van der Waals surface area contributed by atoms with Crippen molar-refractivity contribution in [3.05, 3.63) is 0 Å². The van der Waals surface area contributed by atoms with E-state index in [0.717, 1.165) is 51.5 Å². The van der Waals surface area contributed by atoms with Gasteiger partial charge in [-0.05, 0) is 31.7 Å².